The number of non-ortho nitro benzene ring substituents is 1. The molecule has 32 heavy (non-hydrogen) atoms. The average Bonchev–Trinajstić information content (AvgIpc) is 3.30. The molecule has 2 N–H and O–H groups in total. The fraction of sp³-hybridized carbons (Fsp3) is 0.217. The molecular formula is C23H24N4O5. The molecule has 1 atom stereocenters. The highest BCUT2D eigenvalue weighted by molar-refractivity contribution is 5.89. The second-order valence-corrected chi connectivity index (χ2v) is 7.18. The number of nitrogens with one attached hydrogen (secondary N) is 2. The van der Waals surface area contributed by atoms with Crippen LogP contribution in [0.2, 0.25) is 0 Å². The van der Waals surface area contributed by atoms with Gasteiger partial charge in [-0.2, -0.15) is 0 Å². The lowest BCUT2D eigenvalue weighted by Crippen LogP contribution is -2.38. The van der Waals surface area contributed by atoms with E-state index in [0.29, 0.717) is 11.4 Å². The number of nitro groups is 1. The molecule has 0 aliphatic carbocycles. The van der Waals surface area contributed by atoms with E-state index in [9.17, 15) is 19.7 Å². The first-order valence-corrected chi connectivity index (χ1v) is 10.1. The van der Waals surface area contributed by atoms with Gasteiger partial charge in [-0.25, -0.2) is 4.79 Å². The Morgan fingerprint density at radius 2 is 1.78 bits per heavy atom. The zero-order valence-corrected chi connectivity index (χ0v) is 17.6. The van der Waals surface area contributed by atoms with Crippen molar-refractivity contribution in [2.45, 2.75) is 25.9 Å². The van der Waals surface area contributed by atoms with Crippen molar-refractivity contribution >= 4 is 23.3 Å². The van der Waals surface area contributed by atoms with Gasteiger partial charge < -0.3 is 20.0 Å². The molecule has 0 aliphatic heterocycles. The molecule has 0 saturated heterocycles. The van der Waals surface area contributed by atoms with Gasteiger partial charge in [-0.15, -0.1) is 0 Å². The summed E-state index contributed by atoms with van der Waals surface area (Å²) in [7, 11) is 0. The molecule has 1 aromatic heterocycles. The number of carbonyl (C=O) groups excluding carboxylic acids is 2. The van der Waals surface area contributed by atoms with Crippen LogP contribution >= 0.6 is 0 Å². The van der Waals surface area contributed by atoms with E-state index in [0.717, 1.165) is 5.56 Å². The molecular weight excluding hydrogens is 412 g/mol. The topological polar surface area (TPSA) is 118 Å². The number of hydrogen-bond acceptors (Lipinski definition) is 5. The van der Waals surface area contributed by atoms with Crippen LogP contribution in [0.3, 0.4) is 0 Å². The first-order valence-electron chi connectivity index (χ1n) is 10.1. The molecule has 1 heterocycles. The second kappa shape index (κ2) is 10.8. The van der Waals surface area contributed by atoms with Crippen molar-refractivity contribution in [3.8, 4) is 0 Å². The van der Waals surface area contributed by atoms with E-state index in [2.05, 4.69) is 10.6 Å². The van der Waals surface area contributed by atoms with Crippen LogP contribution in [0.1, 0.15) is 30.7 Å². The highest BCUT2D eigenvalue weighted by Gasteiger charge is 2.18. The van der Waals surface area contributed by atoms with Crippen molar-refractivity contribution in [3.05, 3.63) is 94.4 Å². The van der Waals surface area contributed by atoms with Crippen LogP contribution in [0, 0.1) is 10.1 Å². The average molecular weight is 436 g/mol. The SMILES string of the molecule is CC(NC(=O)CCN(Cc1ccco1)C(=O)Nc1ccc([N+](=O)[O-])cc1)c1ccccc1. The first kappa shape index (κ1) is 22.5. The molecule has 3 amide bonds. The Morgan fingerprint density at radius 1 is 1.06 bits per heavy atom. The van der Waals surface area contributed by atoms with Crippen molar-refractivity contribution in [1.29, 1.82) is 0 Å². The number of rotatable bonds is 9. The Morgan fingerprint density at radius 3 is 2.41 bits per heavy atom. The molecule has 0 bridgehead atoms. The fourth-order valence-corrected chi connectivity index (χ4v) is 3.09. The zero-order valence-electron chi connectivity index (χ0n) is 17.6. The molecule has 0 saturated carbocycles. The minimum atomic E-state index is -0.510. The van der Waals surface area contributed by atoms with Gasteiger partial charge in [-0.3, -0.25) is 14.9 Å². The molecule has 3 aromatic rings. The summed E-state index contributed by atoms with van der Waals surface area (Å²) in [5, 5.41) is 16.4. The summed E-state index contributed by atoms with van der Waals surface area (Å²) in [6.45, 7) is 2.23. The van der Waals surface area contributed by atoms with Crippen LogP contribution in [0.25, 0.3) is 0 Å². The highest BCUT2D eigenvalue weighted by Crippen LogP contribution is 2.17. The molecule has 9 heteroatoms. The number of anilines is 1. The standard InChI is InChI=1S/C23H24N4O5/c1-17(18-6-3-2-4-7-18)24-22(28)13-14-26(16-21-8-5-15-32-21)23(29)25-19-9-11-20(12-10-19)27(30)31/h2-12,15,17H,13-14,16H2,1H3,(H,24,28)(H,25,29). The lowest BCUT2D eigenvalue weighted by molar-refractivity contribution is -0.384. The van der Waals surface area contributed by atoms with Gasteiger partial charge in [0.1, 0.15) is 5.76 Å². The van der Waals surface area contributed by atoms with Gasteiger partial charge in [0.25, 0.3) is 5.69 Å². The molecule has 0 radical (unpaired) electrons. The van der Waals surface area contributed by atoms with Gasteiger partial charge in [0.05, 0.1) is 23.8 Å². The Bertz CT molecular complexity index is 1040. The van der Waals surface area contributed by atoms with Gasteiger partial charge in [0.2, 0.25) is 5.91 Å². The third kappa shape index (κ3) is 6.43. The zero-order chi connectivity index (χ0) is 22.9. The maximum absolute atomic E-state index is 12.8. The number of hydrogen-bond donors (Lipinski definition) is 2. The predicted octanol–water partition coefficient (Wildman–Crippen LogP) is 4.49. The molecule has 0 aliphatic rings. The minimum absolute atomic E-state index is 0.0698. The number of amides is 3. The lowest BCUT2D eigenvalue weighted by atomic mass is 10.1. The van der Waals surface area contributed by atoms with E-state index in [-0.39, 0.29) is 37.1 Å². The maximum atomic E-state index is 12.8. The van der Waals surface area contributed by atoms with E-state index in [4.69, 9.17) is 4.42 Å². The highest BCUT2D eigenvalue weighted by atomic mass is 16.6. The minimum Gasteiger partial charge on any atom is -0.467 e. The number of benzene rings is 2. The van der Waals surface area contributed by atoms with E-state index in [1.54, 1.807) is 12.1 Å². The summed E-state index contributed by atoms with van der Waals surface area (Å²) in [6.07, 6.45) is 1.61. The summed E-state index contributed by atoms with van der Waals surface area (Å²) in [5.74, 6) is 0.385. The van der Waals surface area contributed by atoms with Crippen molar-refractivity contribution in [2.24, 2.45) is 0 Å². The van der Waals surface area contributed by atoms with Crippen molar-refractivity contribution in [1.82, 2.24) is 10.2 Å². The quantitative estimate of drug-likeness (QED) is 0.378. The Hall–Kier alpha value is -4.14. The third-order valence-corrected chi connectivity index (χ3v) is 4.83. The molecule has 2 aromatic carbocycles. The lowest BCUT2D eigenvalue weighted by Gasteiger charge is -2.22. The Labute approximate surface area is 185 Å². The fourth-order valence-electron chi connectivity index (χ4n) is 3.09. The van der Waals surface area contributed by atoms with E-state index in [1.807, 2.05) is 37.3 Å². The van der Waals surface area contributed by atoms with E-state index >= 15 is 0 Å². The normalized spacial score (nSPS) is 11.4. The van der Waals surface area contributed by atoms with E-state index in [1.165, 1.54) is 35.4 Å². The number of nitrogens with zero attached hydrogens (tertiary/aromatic N) is 2. The summed E-state index contributed by atoms with van der Waals surface area (Å²) >= 11 is 0. The van der Waals surface area contributed by atoms with Gasteiger partial charge >= 0.3 is 6.03 Å². The van der Waals surface area contributed by atoms with Crippen molar-refractivity contribution in [3.63, 3.8) is 0 Å². The summed E-state index contributed by atoms with van der Waals surface area (Å²) in [4.78, 5) is 37.0. The summed E-state index contributed by atoms with van der Waals surface area (Å²) in [5.41, 5.74) is 1.33. The molecule has 0 fully saturated rings. The molecule has 9 nitrogen and oxygen atoms in total. The number of urea groups is 1. The van der Waals surface area contributed by atoms with Gasteiger partial charge in [0.15, 0.2) is 0 Å². The third-order valence-electron chi connectivity index (χ3n) is 4.83. The van der Waals surface area contributed by atoms with Crippen molar-refractivity contribution < 1.29 is 18.9 Å². The van der Waals surface area contributed by atoms with Gasteiger partial charge in [-0.1, -0.05) is 30.3 Å². The van der Waals surface area contributed by atoms with Crippen LogP contribution in [-0.2, 0) is 11.3 Å². The van der Waals surface area contributed by atoms with Crippen LogP contribution < -0.4 is 10.6 Å². The van der Waals surface area contributed by atoms with Crippen LogP contribution in [0.15, 0.2) is 77.4 Å². The van der Waals surface area contributed by atoms with Crippen molar-refractivity contribution in [2.75, 3.05) is 11.9 Å². The van der Waals surface area contributed by atoms with Crippen LogP contribution in [0.4, 0.5) is 16.2 Å². The molecule has 166 valence electrons. The monoisotopic (exact) mass is 436 g/mol. The van der Waals surface area contributed by atoms with Gasteiger partial charge in [-0.05, 0) is 36.8 Å². The summed E-state index contributed by atoms with van der Waals surface area (Å²) in [6, 6.07) is 18.0. The predicted molar refractivity (Wildman–Crippen MR) is 119 cm³/mol. The summed E-state index contributed by atoms with van der Waals surface area (Å²) < 4.78 is 5.34. The molecule has 1 unspecified atom stereocenters. The molecule has 3 rings (SSSR count). The maximum Gasteiger partial charge on any atom is 0.322 e. The van der Waals surface area contributed by atoms with Crippen LogP contribution in [-0.4, -0.2) is 28.3 Å². The van der Waals surface area contributed by atoms with Gasteiger partial charge in [0, 0.05) is 30.8 Å². The Kier molecular flexibility index (Phi) is 7.58. The first-order chi connectivity index (χ1) is 15.4. The second-order valence-electron chi connectivity index (χ2n) is 7.18. The number of nitro benzene ring substituents is 1. The van der Waals surface area contributed by atoms with Crippen LogP contribution in [0.5, 0.6) is 0 Å². The molecule has 0 spiro atoms. The number of carbonyl (C=O) groups is 2. The number of furan rings is 1. The Balaban J connectivity index is 1.61. The smallest absolute Gasteiger partial charge is 0.322 e. The largest absolute Gasteiger partial charge is 0.467 e. The van der Waals surface area contributed by atoms with E-state index < -0.39 is 11.0 Å².